The zero-order valence-corrected chi connectivity index (χ0v) is 20.0. The number of nitrogens with one attached hydrogen (secondary N) is 2. The molecule has 4 rings (SSSR count). The highest BCUT2D eigenvalue weighted by atomic mass is 16.5. The van der Waals surface area contributed by atoms with Crippen molar-refractivity contribution in [2.45, 2.75) is 19.5 Å². The van der Waals surface area contributed by atoms with Crippen LogP contribution in [0.1, 0.15) is 34.7 Å². The monoisotopic (exact) mass is 473 g/mol. The Morgan fingerprint density at radius 1 is 1.09 bits per heavy atom. The van der Waals surface area contributed by atoms with E-state index >= 15 is 0 Å². The minimum absolute atomic E-state index is 0.191. The molecule has 4 aromatic rings. The second kappa shape index (κ2) is 10.6. The van der Waals surface area contributed by atoms with Crippen LogP contribution in [0.15, 0.2) is 61.1 Å². The number of methoxy groups -OCH3 is 2. The van der Waals surface area contributed by atoms with Crippen LogP contribution in [0.3, 0.4) is 0 Å². The first-order chi connectivity index (χ1) is 17.0. The molecule has 35 heavy (non-hydrogen) atoms. The van der Waals surface area contributed by atoms with Gasteiger partial charge in [0.15, 0.2) is 11.6 Å². The van der Waals surface area contributed by atoms with Gasteiger partial charge in [0.2, 0.25) is 0 Å². The standard InChI is InChI=1S/C25H27N7O3/c1-16(20-9-8-19(34-3)13-22(20)35-4)29-25(33)17-6-5-7-18(12-17)27-14-23-30-31-24(32(23)2)21-10-11-26-15-28-21/h5-13,15-16,27H,14H2,1-4H3,(H,29,33)/t16-/m1/s1. The highest BCUT2D eigenvalue weighted by Crippen LogP contribution is 2.29. The van der Waals surface area contributed by atoms with Gasteiger partial charge in [-0.05, 0) is 43.3 Å². The number of benzene rings is 2. The molecule has 0 saturated carbocycles. The zero-order chi connectivity index (χ0) is 24.8. The fourth-order valence-electron chi connectivity index (χ4n) is 3.65. The van der Waals surface area contributed by atoms with E-state index in [-0.39, 0.29) is 11.9 Å². The fraction of sp³-hybridized carbons (Fsp3) is 0.240. The van der Waals surface area contributed by atoms with E-state index < -0.39 is 0 Å². The summed E-state index contributed by atoms with van der Waals surface area (Å²) >= 11 is 0. The number of nitrogens with zero attached hydrogens (tertiary/aromatic N) is 5. The van der Waals surface area contributed by atoms with E-state index in [1.54, 1.807) is 44.7 Å². The van der Waals surface area contributed by atoms with E-state index in [0.717, 1.165) is 17.1 Å². The molecule has 0 fully saturated rings. The number of ether oxygens (including phenoxy) is 2. The molecule has 2 aromatic carbocycles. The van der Waals surface area contributed by atoms with E-state index in [1.165, 1.54) is 6.33 Å². The maximum Gasteiger partial charge on any atom is 0.251 e. The molecule has 0 aliphatic rings. The van der Waals surface area contributed by atoms with Crippen LogP contribution in [0, 0.1) is 0 Å². The van der Waals surface area contributed by atoms with Crippen molar-refractivity contribution in [3.05, 3.63) is 78.0 Å². The van der Waals surface area contributed by atoms with Crippen molar-refractivity contribution in [2.75, 3.05) is 19.5 Å². The van der Waals surface area contributed by atoms with Crippen molar-refractivity contribution >= 4 is 11.6 Å². The SMILES string of the molecule is COc1ccc([C@@H](C)NC(=O)c2cccc(NCc3nnc(-c4ccncn4)n3C)c2)c(OC)c1. The lowest BCUT2D eigenvalue weighted by Crippen LogP contribution is -2.27. The number of amides is 1. The predicted octanol–water partition coefficient (Wildman–Crippen LogP) is 3.39. The minimum atomic E-state index is -0.265. The second-order valence-corrected chi connectivity index (χ2v) is 7.83. The molecule has 10 nitrogen and oxygen atoms in total. The van der Waals surface area contributed by atoms with Crippen molar-refractivity contribution in [1.82, 2.24) is 30.0 Å². The molecule has 0 spiro atoms. The maximum atomic E-state index is 12.9. The van der Waals surface area contributed by atoms with Gasteiger partial charge in [-0.2, -0.15) is 0 Å². The third-order valence-electron chi connectivity index (χ3n) is 5.61. The maximum absolute atomic E-state index is 12.9. The molecule has 0 unspecified atom stereocenters. The summed E-state index contributed by atoms with van der Waals surface area (Å²) in [6.07, 6.45) is 3.14. The van der Waals surface area contributed by atoms with Crippen LogP contribution in [0.25, 0.3) is 11.5 Å². The highest BCUT2D eigenvalue weighted by Gasteiger charge is 2.17. The van der Waals surface area contributed by atoms with Crippen molar-refractivity contribution < 1.29 is 14.3 Å². The average Bonchev–Trinajstić information content (AvgIpc) is 3.27. The van der Waals surface area contributed by atoms with E-state index in [1.807, 2.05) is 42.8 Å². The van der Waals surface area contributed by atoms with Crippen LogP contribution in [-0.2, 0) is 13.6 Å². The van der Waals surface area contributed by atoms with Crippen LogP contribution in [0.5, 0.6) is 11.5 Å². The summed E-state index contributed by atoms with van der Waals surface area (Å²) < 4.78 is 12.6. The third-order valence-corrected chi connectivity index (χ3v) is 5.61. The lowest BCUT2D eigenvalue weighted by atomic mass is 10.1. The lowest BCUT2D eigenvalue weighted by Gasteiger charge is -2.18. The van der Waals surface area contributed by atoms with E-state index in [4.69, 9.17) is 9.47 Å². The summed E-state index contributed by atoms with van der Waals surface area (Å²) in [6, 6.07) is 14.3. The molecule has 1 atom stereocenters. The Morgan fingerprint density at radius 2 is 1.94 bits per heavy atom. The van der Waals surface area contributed by atoms with Crippen molar-refractivity contribution in [3.63, 3.8) is 0 Å². The normalized spacial score (nSPS) is 11.5. The van der Waals surface area contributed by atoms with Gasteiger partial charge in [-0.25, -0.2) is 9.97 Å². The van der Waals surface area contributed by atoms with Crippen molar-refractivity contribution in [3.8, 4) is 23.0 Å². The Balaban J connectivity index is 1.42. The Bertz CT molecular complexity index is 1310. The molecule has 2 heterocycles. The topological polar surface area (TPSA) is 116 Å². The van der Waals surface area contributed by atoms with E-state index in [2.05, 4.69) is 30.8 Å². The van der Waals surface area contributed by atoms with Gasteiger partial charge in [0.25, 0.3) is 5.91 Å². The summed E-state index contributed by atoms with van der Waals surface area (Å²) in [5, 5.41) is 14.8. The lowest BCUT2D eigenvalue weighted by molar-refractivity contribution is 0.0939. The molecule has 0 bridgehead atoms. The molecule has 0 saturated heterocycles. The molecule has 2 N–H and O–H groups in total. The average molecular weight is 474 g/mol. The molecule has 0 aliphatic heterocycles. The molecule has 1 amide bonds. The fourth-order valence-corrected chi connectivity index (χ4v) is 3.65. The van der Waals surface area contributed by atoms with Gasteiger partial charge in [0, 0.05) is 36.1 Å². The second-order valence-electron chi connectivity index (χ2n) is 7.83. The number of carbonyl (C=O) groups excluding carboxylic acids is 1. The Hall–Kier alpha value is -4.47. The van der Waals surface area contributed by atoms with Crippen molar-refractivity contribution in [1.29, 1.82) is 0 Å². The summed E-state index contributed by atoms with van der Waals surface area (Å²) in [4.78, 5) is 21.1. The zero-order valence-electron chi connectivity index (χ0n) is 20.0. The summed E-state index contributed by atoms with van der Waals surface area (Å²) in [7, 11) is 5.07. The largest absolute Gasteiger partial charge is 0.497 e. The van der Waals surface area contributed by atoms with Crippen LogP contribution in [-0.4, -0.2) is 44.9 Å². The third kappa shape index (κ3) is 5.37. The Kier molecular flexibility index (Phi) is 7.20. The molecular formula is C25H27N7O3. The molecule has 2 aromatic heterocycles. The van der Waals surface area contributed by atoms with Crippen LogP contribution >= 0.6 is 0 Å². The van der Waals surface area contributed by atoms with Crippen LogP contribution < -0.4 is 20.1 Å². The summed E-state index contributed by atoms with van der Waals surface area (Å²) in [6.45, 7) is 2.34. The number of anilines is 1. The first kappa shape index (κ1) is 23.7. The quantitative estimate of drug-likeness (QED) is 0.380. The van der Waals surface area contributed by atoms with Crippen LogP contribution in [0.2, 0.25) is 0 Å². The van der Waals surface area contributed by atoms with Gasteiger partial charge in [0.05, 0.1) is 26.8 Å². The van der Waals surface area contributed by atoms with Gasteiger partial charge in [-0.3, -0.25) is 4.79 Å². The van der Waals surface area contributed by atoms with Gasteiger partial charge in [-0.15, -0.1) is 10.2 Å². The van der Waals surface area contributed by atoms with Gasteiger partial charge in [-0.1, -0.05) is 6.07 Å². The highest BCUT2D eigenvalue weighted by molar-refractivity contribution is 5.95. The number of hydrogen-bond donors (Lipinski definition) is 2. The first-order valence-corrected chi connectivity index (χ1v) is 11.0. The number of carbonyl (C=O) groups is 1. The minimum Gasteiger partial charge on any atom is -0.497 e. The smallest absolute Gasteiger partial charge is 0.251 e. The number of aromatic nitrogens is 5. The summed E-state index contributed by atoms with van der Waals surface area (Å²) in [5.74, 6) is 2.53. The van der Waals surface area contributed by atoms with E-state index in [9.17, 15) is 4.79 Å². The van der Waals surface area contributed by atoms with E-state index in [0.29, 0.717) is 35.1 Å². The Labute approximate surface area is 203 Å². The number of hydrogen-bond acceptors (Lipinski definition) is 8. The molecule has 10 heteroatoms. The van der Waals surface area contributed by atoms with Gasteiger partial charge >= 0.3 is 0 Å². The molecular weight excluding hydrogens is 446 g/mol. The summed E-state index contributed by atoms with van der Waals surface area (Å²) in [5.41, 5.74) is 2.88. The van der Waals surface area contributed by atoms with Crippen LogP contribution in [0.4, 0.5) is 5.69 Å². The van der Waals surface area contributed by atoms with Crippen molar-refractivity contribution in [2.24, 2.45) is 7.05 Å². The van der Waals surface area contributed by atoms with Gasteiger partial charge < -0.3 is 24.7 Å². The van der Waals surface area contributed by atoms with Gasteiger partial charge in [0.1, 0.15) is 23.5 Å². The first-order valence-electron chi connectivity index (χ1n) is 11.0. The Morgan fingerprint density at radius 3 is 2.69 bits per heavy atom. The molecule has 180 valence electrons. The molecule has 0 radical (unpaired) electrons. The molecule has 0 aliphatic carbocycles. The predicted molar refractivity (Wildman–Crippen MR) is 131 cm³/mol. The number of rotatable bonds is 9.